The van der Waals surface area contributed by atoms with E-state index in [2.05, 4.69) is 11.4 Å². The summed E-state index contributed by atoms with van der Waals surface area (Å²) in [5.41, 5.74) is 2.91. The largest absolute Gasteiger partial charge is 0.508 e. The number of rotatable bonds is 4. The lowest BCUT2D eigenvalue weighted by Gasteiger charge is -2.49. The van der Waals surface area contributed by atoms with Crippen LogP contribution in [0.1, 0.15) is 49.7 Å². The molecular formula is C17H23NO2. The Balaban J connectivity index is 1.99. The van der Waals surface area contributed by atoms with E-state index in [9.17, 15) is 9.90 Å². The fraction of sp³-hybridized carbons (Fsp3) is 0.588. The highest BCUT2D eigenvalue weighted by Gasteiger charge is 2.44. The number of aryl methyl sites for hydroxylation is 1. The number of amides is 1. The SMILES string of the molecule is O=CNCCC12CCCCC1CCc1ccc(O)cc12. The van der Waals surface area contributed by atoms with Crippen molar-refractivity contribution in [3.63, 3.8) is 0 Å². The van der Waals surface area contributed by atoms with E-state index in [-0.39, 0.29) is 5.41 Å². The molecule has 1 aromatic carbocycles. The summed E-state index contributed by atoms with van der Waals surface area (Å²) < 4.78 is 0. The van der Waals surface area contributed by atoms with Crippen molar-refractivity contribution in [1.82, 2.24) is 5.32 Å². The molecule has 1 saturated carbocycles. The predicted molar refractivity (Wildman–Crippen MR) is 78.7 cm³/mol. The van der Waals surface area contributed by atoms with E-state index in [1.54, 1.807) is 6.07 Å². The molecule has 3 rings (SSSR count). The van der Waals surface area contributed by atoms with Gasteiger partial charge in [-0.25, -0.2) is 0 Å². The van der Waals surface area contributed by atoms with Gasteiger partial charge in [0.05, 0.1) is 0 Å². The highest BCUT2D eigenvalue weighted by molar-refractivity contribution is 5.46. The Hall–Kier alpha value is -1.51. The number of aromatic hydroxyl groups is 1. The van der Waals surface area contributed by atoms with Crippen molar-refractivity contribution in [2.45, 2.75) is 50.4 Å². The Labute approximate surface area is 120 Å². The number of carbonyl (C=O) groups excluding carboxylic acids is 1. The maximum atomic E-state index is 10.6. The number of carbonyl (C=O) groups is 1. The summed E-state index contributed by atoms with van der Waals surface area (Å²) in [5.74, 6) is 1.08. The molecule has 0 aromatic heterocycles. The van der Waals surface area contributed by atoms with Crippen molar-refractivity contribution in [2.75, 3.05) is 6.54 Å². The standard InChI is InChI=1S/C17H23NO2/c19-12-18-10-9-17-8-2-1-3-14(17)6-4-13-5-7-15(20)11-16(13)17/h5,7,11-12,14,20H,1-4,6,8-10H2,(H,18,19). The molecule has 0 heterocycles. The van der Waals surface area contributed by atoms with E-state index in [0.717, 1.165) is 25.8 Å². The molecule has 0 aliphatic heterocycles. The second kappa shape index (κ2) is 5.47. The molecule has 20 heavy (non-hydrogen) atoms. The third-order valence-corrected chi connectivity index (χ3v) is 5.40. The summed E-state index contributed by atoms with van der Waals surface area (Å²) in [5, 5.41) is 12.7. The van der Waals surface area contributed by atoms with E-state index in [1.807, 2.05) is 6.07 Å². The smallest absolute Gasteiger partial charge is 0.207 e. The van der Waals surface area contributed by atoms with Crippen LogP contribution < -0.4 is 5.32 Å². The van der Waals surface area contributed by atoms with Crippen LogP contribution in [0.15, 0.2) is 18.2 Å². The molecule has 1 amide bonds. The molecule has 0 bridgehead atoms. The van der Waals surface area contributed by atoms with Crippen LogP contribution in [0.4, 0.5) is 0 Å². The van der Waals surface area contributed by atoms with Crippen molar-refractivity contribution in [2.24, 2.45) is 5.92 Å². The van der Waals surface area contributed by atoms with Gasteiger partial charge < -0.3 is 10.4 Å². The summed E-state index contributed by atoms with van der Waals surface area (Å²) in [6.45, 7) is 0.731. The van der Waals surface area contributed by atoms with Gasteiger partial charge in [0.25, 0.3) is 0 Å². The molecule has 2 unspecified atom stereocenters. The fourth-order valence-corrected chi connectivity index (χ4v) is 4.48. The molecule has 2 N–H and O–H groups in total. The first-order chi connectivity index (χ1) is 9.76. The van der Waals surface area contributed by atoms with Crippen molar-refractivity contribution in [1.29, 1.82) is 0 Å². The van der Waals surface area contributed by atoms with Crippen molar-refractivity contribution < 1.29 is 9.90 Å². The van der Waals surface area contributed by atoms with Crippen LogP contribution in [0.3, 0.4) is 0 Å². The molecule has 3 nitrogen and oxygen atoms in total. The lowest BCUT2D eigenvalue weighted by molar-refractivity contribution is -0.109. The second-order valence-electron chi connectivity index (χ2n) is 6.30. The molecule has 108 valence electrons. The number of phenolic OH excluding ortho intramolecular Hbond substituents is 1. The highest BCUT2D eigenvalue weighted by atomic mass is 16.3. The van der Waals surface area contributed by atoms with E-state index < -0.39 is 0 Å². The molecule has 0 radical (unpaired) electrons. The second-order valence-corrected chi connectivity index (χ2v) is 6.30. The lowest BCUT2D eigenvalue weighted by Crippen LogP contribution is -2.43. The summed E-state index contributed by atoms with van der Waals surface area (Å²) in [4.78, 5) is 10.6. The van der Waals surface area contributed by atoms with Crippen LogP contribution >= 0.6 is 0 Å². The quantitative estimate of drug-likeness (QED) is 0.654. The Bertz CT molecular complexity index is 500. The number of hydrogen-bond donors (Lipinski definition) is 2. The molecule has 1 aromatic rings. The topological polar surface area (TPSA) is 49.3 Å². The monoisotopic (exact) mass is 273 g/mol. The Morgan fingerprint density at radius 1 is 1.35 bits per heavy atom. The third kappa shape index (κ3) is 2.19. The minimum Gasteiger partial charge on any atom is -0.508 e. The average Bonchev–Trinajstić information content (AvgIpc) is 2.47. The zero-order chi connectivity index (χ0) is 14.0. The highest BCUT2D eigenvalue weighted by Crippen LogP contribution is 2.52. The van der Waals surface area contributed by atoms with E-state index >= 15 is 0 Å². The van der Waals surface area contributed by atoms with Crippen molar-refractivity contribution >= 4 is 6.41 Å². The summed E-state index contributed by atoms with van der Waals surface area (Å²) >= 11 is 0. The van der Waals surface area contributed by atoms with Crippen LogP contribution in [-0.4, -0.2) is 18.1 Å². The van der Waals surface area contributed by atoms with Gasteiger partial charge in [0, 0.05) is 12.0 Å². The lowest BCUT2D eigenvalue weighted by atomic mass is 9.56. The van der Waals surface area contributed by atoms with Gasteiger partial charge in [-0.15, -0.1) is 0 Å². The minimum atomic E-state index is 0.167. The Morgan fingerprint density at radius 2 is 2.25 bits per heavy atom. The first-order valence-electron chi connectivity index (χ1n) is 7.76. The fourth-order valence-electron chi connectivity index (χ4n) is 4.48. The van der Waals surface area contributed by atoms with Gasteiger partial charge in [-0.05, 0) is 61.3 Å². The van der Waals surface area contributed by atoms with Crippen molar-refractivity contribution in [3.05, 3.63) is 29.3 Å². The number of fused-ring (bicyclic) bond motifs is 3. The normalized spacial score (nSPS) is 28.3. The molecular weight excluding hydrogens is 250 g/mol. The number of hydrogen-bond acceptors (Lipinski definition) is 2. The summed E-state index contributed by atoms with van der Waals surface area (Å²) in [6.07, 6.45) is 9.22. The van der Waals surface area contributed by atoms with Gasteiger partial charge in [0.15, 0.2) is 0 Å². The Kier molecular flexibility index (Phi) is 3.68. The van der Waals surface area contributed by atoms with Gasteiger partial charge in [-0.1, -0.05) is 18.9 Å². The van der Waals surface area contributed by atoms with Gasteiger partial charge in [0.2, 0.25) is 6.41 Å². The van der Waals surface area contributed by atoms with E-state index in [0.29, 0.717) is 11.7 Å². The molecule has 0 saturated heterocycles. The van der Waals surface area contributed by atoms with Gasteiger partial charge in [0.1, 0.15) is 5.75 Å². The minimum absolute atomic E-state index is 0.167. The predicted octanol–water partition coefficient (Wildman–Crippen LogP) is 2.90. The number of benzene rings is 1. The van der Waals surface area contributed by atoms with Crippen LogP contribution in [0.5, 0.6) is 5.75 Å². The van der Waals surface area contributed by atoms with Crippen LogP contribution in [0.25, 0.3) is 0 Å². The molecule has 2 aliphatic rings. The van der Waals surface area contributed by atoms with Gasteiger partial charge in [-0.3, -0.25) is 4.79 Å². The third-order valence-electron chi connectivity index (χ3n) is 5.40. The molecule has 2 aliphatic carbocycles. The molecule has 0 spiro atoms. The molecule has 3 heteroatoms. The number of phenols is 1. The molecule has 2 atom stereocenters. The number of nitrogens with one attached hydrogen (secondary N) is 1. The zero-order valence-corrected chi connectivity index (χ0v) is 11.9. The molecule has 1 fully saturated rings. The van der Waals surface area contributed by atoms with Gasteiger partial charge in [-0.2, -0.15) is 0 Å². The van der Waals surface area contributed by atoms with Crippen LogP contribution in [0, 0.1) is 5.92 Å². The maximum Gasteiger partial charge on any atom is 0.207 e. The Morgan fingerprint density at radius 3 is 3.10 bits per heavy atom. The summed E-state index contributed by atoms with van der Waals surface area (Å²) in [7, 11) is 0. The zero-order valence-electron chi connectivity index (χ0n) is 11.9. The average molecular weight is 273 g/mol. The maximum absolute atomic E-state index is 10.6. The van der Waals surface area contributed by atoms with Crippen LogP contribution in [-0.2, 0) is 16.6 Å². The van der Waals surface area contributed by atoms with Crippen LogP contribution in [0.2, 0.25) is 0 Å². The van der Waals surface area contributed by atoms with Crippen molar-refractivity contribution in [3.8, 4) is 5.75 Å². The first-order valence-corrected chi connectivity index (χ1v) is 7.76. The van der Waals surface area contributed by atoms with E-state index in [4.69, 9.17) is 0 Å². The van der Waals surface area contributed by atoms with Gasteiger partial charge >= 0.3 is 0 Å². The first kappa shape index (κ1) is 13.5. The summed E-state index contributed by atoms with van der Waals surface area (Å²) in [6, 6.07) is 5.87. The van der Waals surface area contributed by atoms with E-state index in [1.165, 1.54) is 43.2 Å².